The quantitative estimate of drug-likeness (QED) is 0.493. The lowest BCUT2D eigenvalue weighted by Gasteiger charge is -2.34. The Bertz CT molecular complexity index is 1440. The van der Waals surface area contributed by atoms with Crippen molar-refractivity contribution in [2.75, 3.05) is 30.9 Å². The van der Waals surface area contributed by atoms with E-state index in [1.54, 1.807) is 18.3 Å². The van der Waals surface area contributed by atoms with Gasteiger partial charge in [0.1, 0.15) is 22.7 Å². The number of nitrogens with one attached hydrogen (secondary N) is 1. The van der Waals surface area contributed by atoms with Crippen LogP contribution in [0, 0.1) is 6.92 Å². The maximum absolute atomic E-state index is 12.1. The minimum Gasteiger partial charge on any atom is -0.377 e. The van der Waals surface area contributed by atoms with Gasteiger partial charge in [0.05, 0.1) is 29.7 Å². The predicted molar refractivity (Wildman–Crippen MR) is 127 cm³/mol. The number of morpholine rings is 1. The second-order valence-corrected chi connectivity index (χ2v) is 10.5. The first-order valence-electron chi connectivity index (χ1n) is 10.8. The number of nitrogens with zero attached hydrogens (tertiary/aromatic N) is 5. The molecular formula is C23H26N6O3S. The van der Waals surface area contributed by atoms with E-state index in [2.05, 4.69) is 28.1 Å². The van der Waals surface area contributed by atoms with Crippen LogP contribution in [0.3, 0.4) is 0 Å². The molecule has 10 heteroatoms. The number of sulfone groups is 1. The number of aryl methyl sites for hydroxylation is 2. The summed E-state index contributed by atoms with van der Waals surface area (Å²) in [6, 6.07) is 9.37. The molecule has 4 aromatic rings. The van der Waals surface area contributed by atoms with E-state index in [4.69, 9.17) is 14.8 Å². The van der Waals surface area contributed by atoms with Crippen LogP contribution in [0.5, 0.6) is 0 Å². The Hall–Kier alpha value is -3.24. The highest BCUT2D eigenvalue weighted by Gasteiger charge is 2.25. The molecule has 9 nitrogen and oxygen atoms in total. The SMILES string of the molecule is Cc1cc(S(C)(=O)=O)ccc1-c1cc(N2CCOC[C@H]2C)nc2c(-c3cc[nH]n3)nn(C)c12. The smallest absolute Gasteiger partial charge is 0.175 e. The first kappa shape index (κ1) is 21.6. The van der Waals surface area contributed by atoms with Gasteiger partial charge < -0.3 is 9.64 Å². The second-order valence-electron chi connectivity index (χ2n) is 8.52. The van der Waals surface area contributed by atoms with Gasteiger partial charge in [-0.1, -0.05) is 6.07 Å². The van der Waals surface area contributed by atoms with Crippen molar-refractivity contribution >= 4 is 26.7 Å². The number of rotatable bonds is 4. The molecule has 33 heavy (non-hydrogen) atoms. The third-order valence-electron chi connectivity index (χ3n) is 6.10. The van der Waals surface area contributed by atoms with Crippen molar-refractivity contribution in [3.63, 3.8) is 0 Å². The van der Waals surface area contributed by atoms with Gasteiger partial charge >= 0.3 is 0 Å². The topological polar surface area (TPSA) is 106 Å². The summed E-state index contributed by atoms with van der Waals surface area (Å²) in [5, 5.41) is 11.9. The number of hydrogen-bond donors (Lipinski definition) is 1. The second kappa shape index (κ2) is 7.96. The number of aromatic amines is 1. The number of hydrogen-bond acceptors (Lipinski definition) is 7. The molecule has 1 aliphatic heterocycles. The summed E-state index contributed by atoms with van der Waals surface area (Å²) in [5.74, 6) is 0.838. The van der Waals surface area contributed by atoms with Crippen molar-refractivity contribution in [2.24, 2.45) is 7.05 Å². The molecule has 0 saturated carbocycles. The standard InChI is InChI=1S/C23H26N6O3S/c1-14-11-16(33(4,30)31)5-6-17(14)18-12-20(29-9-10-32-13-15(29)2)25-22-21(19-7-8-24-26-19)27-28(3)23(18)22/h5-8,11-12,15H,9-10,13H2,1-4H3,(H,24,26)/t15-/m1/s1. The molecule has 1 fully saturated rings. The van der Waals surface area contributed by atoms with E-state index in [1.807, 2.05) is 30.8 Å². The largest absolute Gasteiger partial charge is 0.377 e. The molecule has 172 valence electrons. The lowest BCUT2D eigenvalue weighted by molar-refractivity contribution is 0.0986. The van der Waals surface area contributed by atoms with Crippen LogP contribution in [0.1, 0.15) is 12.5 Å². The van der Waals surface area contributed by atoms with E-state index in [9.17, 15) is 8.42 Å². The average Bonchev–Trinajstić information content (AvgIpc) is 3.41. The number of aromatic nitrogens is 5. The maximum atomic E-state index is 12.1. The van der Waals surface area contributed by atoms with Crippen LogP contribution in [0.15, 0.2) is 41.4 Å². The summed E-state index contributed by atoms with van der Waals surface area (Å²) in [6.45, 7) is 6.06. The zero-order valence-electron chi connectivity index (χ0n) is 19.0. The van der Waals surface area contributed by atoms with E-state index in [1.165, 1.54) is 6.26 Å². The molecule has 3 aromatic heterocycles. The number of fused-ring (bicyclic) bond motifs is 1. The average molecular weight is 467 g/mol. The highest BCUT2D eigenvalue weighted by atomic mass is 32.2. The van der Waals surface area contributed by atoms with E-state index in [0.29, 0.717) is 23.8 Å². The Kier molecular flexibility index (Phi) is 5.21. The van der Waals surface area contributed by atoms with Crippen LogP contribution in [0.2, 0.25) is 0 Å². The fraction of sp³-hybridized carbons (Fsp3) is 0.348. The molecular weight excluding hydrogens is 440 g/mol. The summed E-state index contributed by atoms with van der Waals surface area (Å²) < 4.78 is 31.6. The van der Waals surface area contributed by atoms with E-state index in [0.717, 1.165) is 45.8 Å². The highest BCUT2D eigenvalue weighted by molar-refractivity contribution is 7.90. The van der Waals surface area contributed by atoms with Gasteiger partial charge in [0.2, 0.25) is 0 Å². The molecule has 0 amide bonds. The van der Waals surface area contributed by atoms with Crippen molar-refractivity contribution in [1.29, 1.82) is 0 Å². The van der Waals surface area contributed by atoms with Gasteiger partial charge in [0, 0.05) is 31.6 Å². The highest BCUT2D eigenvalue weighted by Crippen LogP contribution is 2.37. The third kappa shape index (κ3) is 3.79. The maximum Gasteiger partial charge on any atom is 0.175 e. The fourth-order valence-electron chi connectivity index (χ4n) is 4.42. The van der Waals surface area contributed by atoms with Crippen LogP contribution in [0.25, 0.3) is 33.5 Å². The monoisotopic (exact) mass is 466 g/mol. The minimum atomic E-state index is -3.30. The molecule has 1 atom stereocenters. The van der Waals surface area contributed by atoms with Gasteiger partial charge in [0.25, 0.3) is 0 Å². The molecule has 0 bridgehead atoms. The van der Waals surface area contributed by atoms with Gasteiger partial charge in [-0.05, 0) is 49.2 Å². The van der Waals surface area contributed by atoms with E-state index < -0.39 is 9.84 Å². The Morgan fingerprint density at radius 3 is 2.67 bits per heavy atom. The molecule has 5 rings (SSSR count). The summed E-state index contributed by atoms with van der Waals surface area (Å²) in [4.78, 5) is 7.58. The van der Waals surface area contributed by atoms with Crippen LogP contribution in [-0.2, 0) is 21.6 Å². The van der Waals surface area contributed by atoms with Gasteiger partial charge in [-0.15, -0.1) is 0 Å². The molecule has 4 heterocycles. The fourth-order valence-corrected chi connectivity index (χ4v) is 5.12. The van der Waals surface area contributed by atoms with Crippen LogP contribution in [0.4, 0.5) is 5.82 Å². The molecule has 1 aromatic carbocycles. The summed E-state index contributed by atoms with van der Waals surface area (Å²) in [5.41, 5.74) is 5.79. The van der Waals surface area contributed by atoms with E-state index in [-0.39, 0.29) is 6.04 Å². The zero-order chi connectivity index (χ0) is 23.3. The van der Waals surface area contributed by atoms with Crippen molar-refractivity contribution in [2.45, 2.75) is 24.8 Å². The lowest BCUT2D eigenvalue weighted by Crippen LogP contribution is -2.44. The minimum absolute atomic E-state index is 0.177. The molecule has 0 unspecified atom stereocenters. The molecule has 1 N–H and O–H groups in total. The Balaban J connectivity index is 1.79. The van der Waals surface area contributed by atoms with Crippen LogP contribution < -0.4 is 4.90 Å². The first-order valence-corrected chi connectivity index (χ1v) is 12.7. The number of H-pyrrole nitrogens is 1. The summed E-state index contributed by atoms with van der Waals surface area (Å²) in [7, 11) is -1.41. The van der Waals surface area contributed by atoms with Crippen LogP contribution >= 0.6 is 0 Å². The van der Waals surface area contributed by atoms with Crippen molar-refractivity contribution in [1.82, 2.24) is 25.0 Å². The molecule has 1 saturated heterocycles. The summed E-state index contributed by atoms with van der Waals surface area (Å²) >= 11 is 0. The number of benzene rings is 1. The number of ether oxygens (including phenoxy) is 1. The van der Waals surface area contributed by atoms with Crippen molar-refractivity contribution < 1.29 is 13.2 Å². The zero-order valence-corrected chi connectivity index (χ0v) is 19.8. The van der Waals surface area contributed by atoms with Gasteiger partial charge in [-0.2, -0.15) is 10.2 Å². The normalized spacial score (nSPS) is 17.1. The van der Waals surface area contributed by atoms with Gasteiger partial charge in [0.15, 0.2) is 9.84 Å². The summed E-state index contributed by atoms with van der Waals surface area (Å²) in [6.07, 6.45) is 2.99. The van der Waals surface area contributed by atoms with Crippen LogP contribution in [-0.4, -0.2) is 65.4 Å². The Labute approximate surface area is 192 Å². The Morgan fingerprint density at radius 2 is 2.00 bits per heavy atom. The van der Waals surface area contributed by atoms with Gasteiger partial charge in [-0.3, -0.25) is 9.78 Å². The van der Waals surface area contributed by atoms with E-state index >= 15 is 0 Å². The number of pyridine rings is 1. The van der Waals surface area contributed by atoms with Crippen molar-refractivity contribution in [3.05, 3.63) is 42.1 Å². The number of anilines is 1. The molecule has 0 aliphatic carbocycles. The predicted octanol–water partition coefficient (Wildman–Crippen LogP) is 2.96. The van der Waals surface area contributed by atoms with Crippen molar-refractivity contribution in [3.8, 4) is 22.5 Å². The third-order valence-corrected chi connectivity index (χ3v) is 7.21. The molecule has 0 radical (unpaired) electrons. The van der Waals surface area contributed by atoms with Gasteiger partial charge in [-0.25, -0.2) is 13.4 Å². The molecule has 0 spiro atoms. The molecule has 1 aliphatic rings. The lowest BCUT2D eigenvalue weighted by atomic mass is 9.99. The Morgan fingerprint density at radius 1 is 1.18 bits per heavy atom. The first-order chi connectivity index (χ1) is 15.7.